The van der Waals surface area contributed by atoms with E-state index in [0.717, 1.165) is 16.1 Å². The van der Waals surface area contributed by atoms with Gasteiger partial charge in [0, 0.05) is 25.2 Å². The molecular formula is C18H22ClN3O2. The van der Waals surface area contributed by atoms with Gasteiger partial charge in [-0.1, -0.05) is 35.9 Å². The predicted octanol–water partition coefficient (Wildman–Crippen LogP) is 3.22. The average Bonchev–Trinajstić information content (AvgIpc) is 2.62. The maximum atomic E-state index is 6.16. The molecule has 0 spiro atoms. The van der Waals surface area contributed by atoms with Gasteiger partial charge in [-0.15, -0.1) is 0 Å². The molecule has 2 aromatic carbocycles. The number of aliphatic imine (C=N–C) groups is 1. The van der Waals surface area contributed by atoms with Crippen LogP contribution in [0.3, 0.4) is 0 Å². The largest absolute Gasteiger partial charge is 0.493 e. The van der Waals surface area contributed by atoms with Crippen LogP contribution >= 0.6 is 11.6 Å². The third kappa shape index (κ3) is 4.80. The van der Waals surface area contributed by atoms with E-state index >= 15 is 0 Å². The standard InChI is InChI=1S/C18H22ClN3O2/c1-20-18(22-12-14-6-4-5-7-15(14)19)21-11-13-8-9-16(23-2)17(10-13)24-3/h4-10H,11-12H2,1-3H3,(H2,20,21,22). The summed E-state index contributed by atoms with van der Waals surface area (Å²) in [7, 11) is 4.98. The van der Waals surface area contributed by atoms with Gasteiger partial charge in [0.25, 0.3) is 0 Å². The molecule has 0 bridgehead atoms. The SMILES string of the molecule is CN=C(NCc1ccc(OC)c(OC)c1)NCc1ccccc1Cl. The summed E-state index contributed by atoms with van der Waals surface area (Å²) in [5.41, 5.74) is 2.08. The van der Waals surface area contributed by atoms with Crippen molar-refractivity contribution in [2.45, 2.75) is 13.1 Å². The summed E-state index contributed by atoms with van der Waals surface area (Å²) >= 11 is 6.16. The number of methoxy groups -OCH3 is 2. The molecule has 0 radical (unpaired) electrons. The minimum Gasteiger partial charge on any atom is -0.493 e. The molecule has 0 atom stereocenters. The summed E-state index contributed by atoms with van der Waals surface area (Å²) in [5.74, 6) is 2.11. The minimum atomic E-state index is 0.602. The molecule has 24 heavy (non-hydrogen) atoms. The van der Waals surface area contributed by atoms with Crippen molar-refractivity contribution in [3.63, 3.8) is 0 Å². The van der Waals surface area contributed by atoms with Crippen molar-refractivity contribution in [2.24, 2.45) is 4.99 Å². The summed E-state index contributed by atoms with van der Waals surface area (Å²) in [4.78, 5) is 4.22. The third-order valence-corrected chi connectivity index (χ3v) is 3.90. The molecule has 2 N–H and O–H groups in total. The van der Waals surface area contributed by atoms with Crippen molar-refractivity contribution in [2.75, 3.05) is 21.3 Å². The molecule has 0 unspecified atom stereocenters. The van der Waals surface area contributed by atoms with Gasteiger partial charge in [-0.3, -0.25) is 4.99 Å². The van der Waals surface area contributed by atoms with Crippen LogP contribution in [0.4, 0.5) is 0 Å². The van der Waals surface area contributed by atoms with Gasteiger partial charge in [-0.2, -0.15) is 0 Å². The lowest BCUT2D eigenvalue weighted by Gasteiger charge is -2.14. The highest BCUT2D eigenvalue weighted by molar-refractivity contribution is 6.31. The molecule has 0 amide bonds. The molecule has 6 heteroatoms. The van der Waals surface area contributed by atoms with Crippen LogP contribution in [0.1, 0.15) is 11.1 Å². The zero-order chi connectivity index (χ0) is 17.4. The van der Waals surface area contributed by atoms with E-state index in [-0.39, 0.29) is 0 Å². The zero-order valence-corrected chi connectivity index (χ0v) is 14.9. The molecule has 2 aromatic rings. The Labute approximate surface area is 147 Å². The van der Waals surface area contributed by atoms with Crippen LogP contribution in [0, 0.1) is 0 Å². The van der Waals surface area contributed by atoms with Crippen molar-refractivity contribution in [1.82, 2.24) is 10.6 Å². The number of guanidine groups is 1. The smallest absolute Gasteiger partial charge is 0.191 e. The molecule has 128 valence electrons. The molecule has 5 nitrogen and oxygen atoms in total. The van der Waals surface area contributed by atoms with Gasteiger partial charge in [-0.05, 0) is 29.3 Å². The number of rotatable bonds is 6. The van der Waals surface area contributed by atoms with Crippen molar-refractivity contribution in [3.05, 3.63) is 58.6 Å². The maximum absolute atomic E-state index is 6.16. The topological polar surface area (TPSA) is 54.9 Å². The van der Waals surface area contributed by atoms with Gasteiger partial charge in [0.05, 0.1) is 14.2 Å². The van der Waals surface area contributed by atoms with E-state index in [1.165, 1.54) is 0 Å². The van der Waals surface area contributed by atoms with Crippen LogP contribution < -0.4 is 20.1 Å². The second-order valence-corrected chi connectivity index (χ2v) is 5.47. The second kappa shape index (κ2) is 9.03. The van der Waals surface area contributed by atoms with Crippen molar-refractivity contribution in [3.8, 4) is 11.5 Å². The molecule has 0 heterocycles. The fraction of sp³-hybridized carbons (Fsp3) is 0.278. The number of nitrogens with zero attached hydrogens (tertiary/aromatic N) is 1. The monoisotopic (exact) mass is 347 g/mol. The first kappa shape index (κ1) is 17.9. The van der Waals surface area contributed by atoms with E-state index < -0.39 is 0 Å². The van der Waals surface area contributed by atoms with Crippen molar-refractivity contribution >= 4 is 17.6 Å². The molecule has 0 fully saturated rings. The average molecular weight is 348 g/mol. The molecule has 0 aromatic heterocycles. The Bertz CT molecular complexity index is 704. The summed E-state index contributed by atoms with van der Waals surface area (Å²) < 4.78 is 10.6. The first-order valence-corrected chi connectivity index (χ1v) is 7.94. The van der Waals surface area contributed by atoms with Gasteiger partial charge in [-0.25, -0.2) is 0 Å². The lowest BCUT2D eigenvalue weighted by Crippen LogP contribution is -2.36. The first-order valence-electron chi connectivity index (χ1n) is 7.56. The molecule has 0 aliphatic heterocycles. The quantitative estimate of drug-likeness (QED) is 0.622. The van der Waals surface area contributed by atoms with E-state index in [1.54, 1.807) is 21.3 Å². The number of ether oxygens (including phenoxy) is 2. The third-order valence-electron chi connectivity index (χ3n) is 3.54. The van der Waals surface area contributed by atoms with Crippen LogP contribution in [0.5, 0.6) is 11.5 Å². The lowest BCUT2D eigenvalue weighted by molar-refractivity contribution is 0.354. The Morgan fingerprint density at radius 3 is 2.38 bits per heavy atom. The Hall–Kier alpha value is -2.40. The van der Waals surface area contributed by atoms with Crippen LogP contribution in [-0.2, 0) is 13.1 Å². The van der Waals surface area contributed by atoms with Gasteiger partial charge in [0.1, 0.15) is 0 Å². The van der Waals surface area contributed by atoms with Crippen molar-refractivity contribution < 1.29 is 9.47 Å². The number of hydrogen-bond acceptors (Lipinski definition) is 3. The Kier molecular flexibility index (Phi) is 6.75. The van der Waals surface area contributed by atoms with Crippen LogP contribution in [-0.4, -0.2) is 27.2 Å². The summed E-state index contributed by atoms with van der Waals surface area (Å²) in [5, 5.41) is 7.25. The van der Waals surface area contributed by atoms with Gasteiger partial charge >= 0.3 is 0 Å². The number of hydrogen-bond donors (Lipinski definition) is 2. The molecule has 0 aliphatic carbocycles. The summed E-state index contributed by atoms with van der Waals surface area (Å²) in [6.07, 6.45) is 0. The first-order chi connectivity index (χ1) is 11.7. The molecule has 0 saturated heterocycles. The van der Waals surface area contributed by atoms with E-state index in [0.29, 0.717) is 30.5 Å². The van der Waals surface area contributed by atoms with Crippen LogP contribution in [0.15, 0.2) is 47.5 Å². The van der Waals surface area contributed by atoms with Crippen LogP contribution in [0.25, 0.3) is 0 Å². The highest BCUT2D eigenvalue weighted by Gasteiger charge is 2.06. The van der Waals surface area contributed by atoms with Gasteiger partial charge in [0.15, 0.2) is 17.5 Å². The highest BCUT2D eigenvalue weighted by Crippen LogP contribution is 2.27. The molecular weight excluding hydrogens is 326 g/mol. The maximum Gasteiger partial charge on any atom is 0.191 e. The number of halogens is 1. The van der Waals surface area contributed by atoms with E-state index in [9.17, 15) is 0 Å². The van der Waals surface area contributed by atoms with Crippen molar-refractivity contribution in [1.29, 1.82) is 0 Å². The Morgan fingerprint density at radius 2 is 1.71 bits per heavy atom. The fourth-order valence-corrected chi connectivity index (χ4v) is 2.42. The lowest BCUT2D eigenvalue weighted by atomic mass is 10.2. The minimum absolute atomic E-state index is 0.602. The highest BCUT2D eigenvalue weighted by atomic mass is 35.5. The summed E-state index contributed by atoms with van der Waals surface area (Å²) in [6, 6.07) is 13.5. The second-order valence-electron chi connectivity index (χ2n) is 5.06. The normalized spacial score (nSPS) is 11.1. The number of nitrogens with one attached hydrogen (secondary N) is 2. The summed E-state index contributed by atoms with van der Waals surface area (Å²) in [6.45, 7) is 1.22. The number of benzene rings is 2. The van der Waals surface area contributed by atoms with Gasteiger partial charge < -0.3 is 20.1 Å². The van der Waals surface area contributed by atoms with Gasteiger partial charge in [0.2, 0.25) is 0 Å². The van der Waals surface area contributed by atoms with E-state index in [4.69, 9.17) is 21.1 Å². The van der Waals surface area contributed by atoms with Crippen LogP contribution in [0.2, 0.25) is 5.02 Å². The fourth-order valence-electron chi connectivity index (χ4n) is 2.22. The van der Waals surface area contributed by atoms with E-state index in [2.05, 4.69) is 15.6 Å². The zero-order valence-electron chi connectivity index (χ0n) is 14.1. The Balaban J connectivity index is 1.93. The molecule has 2 rings (SSSR count). The molecule has 0 aliphatic rings. The Morgan fingerprint density at radius 1 is 1.00 bits per heavy atom. The molecule has 0 saturated carbocycles. The van der Waals surface area contributed by atoms with E-state index in [1.807, 2.05) is 42.5 Å². The predicted molar refractivity (Wildman–Crippen MR) is 98.0 cm³/mol.